The molecule has 0 aliphatic rings. The van der Waals surface area contributed by atoms with Crippen molar-refractivity contribution in [2.75, 3.05) is 47.5 Å². The maximum absolute atomic E-state index is 12.8. The number of quaternary nitrogens is 1. The summed E-state index contributed by atoms with van der Waals surface area (Å²) in [5, 5.41) is 11.7. The van der Waals surface area contributed by atoms with Crippen molar-refractivity contribution in [3.63, 3.8) is 0 Å². The normalized spacial score (nSPS) is 13.5. The molecule has 0 rings (SSSR count). The first-order valence-corrected chi connectivity index (χ1v) is 25.6. The third kappa shape index (κ3) is 46.7. The number of carbonyl (C=O) groups is 3. The lowest BCUT2D eigenvalue weighted by atomic mass is 10.0. The monoisotopic (exact) mass is 898 g/mol. The number of carboxylic acids is 1. The van der Waals surface area contributed by atoms with Crippen molar-refractivity contribution >= 4 is 17.9 Å². The molecule has 0 aliphatic heterocycles. The average Bonchev–Trinajstić information content (AvgIpc) is 3.26. The maximum Gasteiger partial charge on any atom is 0.306 e. The van der Waals surface area contributed by atoms with Gasteiger partial charge in [0.15, 0.2) is 12.4 Å². The van der Waals surface area contributed by atoms with Crippen molar-refractivity contribution in [1.82, 2.24) is 0 Å². The van der Waals surface area contributed by atoms with E-state index in [0.717, 1.165) is 83.5 Å². The largest absolute Gasteiger partial charge is 0.545 e. The molecule has 0 radical (unpaired) electrons. The number of hydrogen-bond donors (Lipinski definition) is 0. The van der Waals surface area contributed by atoms with Crippen LogP contribution in [0.4, 0.5) is 0 Å². The zero-order valence-electron chi connectivity index (χ0n) is 41.6. The van der Waals surface area contributed by atoms with Crippen molar-refractivity contribution in [1.29, 1.82) is 0 Å². The number of carboxylic acid groups (broad SMARTS) is 1. The van der Waals surface area contributed by atoms with Crippen LogP contribution in [-0.2, 0) is 33.3 Å². The third-order valence-corrected chi connectivity index (χ3v) is 10.7. The van der Waals surface area contributed by atoms with Gasteiger partial charge in [0.1, 0.15) is 13.2 Å². The number of hydrogen-bond acceptors (Lipinski definition) is 8. The Morgan fingerprint density at radius 3 is 1.33 bits per heavy atom. The van der Waals surface area contributed by atoms with Gasteiger partial charge in [0.05, 0.1) is 40.3 Å². The molecule has 0 aromatic rings. The molecule has 0 fully saturated rings. The van der Waals surface area contributed by atoms with Gasteiger partial charge in [-0.15, -0.1) is 0 Å². The molecule has 9 nitrogen and oxygen atoms in total. The predicted molar refractivity (Wildman–Crippen MR) is 265 cm³/mol. The molecule has 0 aromatic carbocycles. The molecule has 368 valence electrons. The smallest absolute Gasteiger partial charge is 0.306 e. The summed E-state index contributed by atoms with van der Waals surface area (Å²) < 4.78 is 22.6. The Labute approximate surface area is 392 Å². The van der Waals surface area contributed by atoms with E-state index >= 15 is 0 Å². The van der Waals surface area contributed by atoms with Crippen LogP contribution in [0.15, 0.2) is 72.9 Å². The molecule has 0 N–H and O–H groups in total. The summed E-state index contributed by atoms with van der Waals surface area (Å²) in [4.78, 5) is 37.0. The van der Waals surface area contributed by atoms with Crippen molar-refractivity contribution in [3.05, 3.63) is 72.9 Å². The highest BCUT2D eigenvalue weighted by Crippen LogP contribution is 2.15. The maximum atomic E-state index is 12.8. The first-order valence-electron chi connectivity index (χ1n) is 25.6. The topological polar surface area (TPSA) is 111 Å². The van der Waals surface area contributed by atoms with Gasteiger partial charge in [-0.3, -0.25) is 9.59 Å². The highest BCUT2D eigenvalue weighted by molar-refractivity contribution is 5.70. The Hall–Kier alpha value is -3.27. The lowest BCUT2D eigenvalue weighted by Crippen LogP contribution is -2.44. The van der Waals surface area contributed by atoms with Gasteiger partial charge in [-0.2, -0.15) is 0 Å². The van der Waals surface area contributed by atoms with Gasteiger partial charge >= 0.3 is 11.9 Å². The number of nitrogens with zero attached hydrogens (tertiary/aromatic N) is 1. The summed E-state index contributed by atoms with van der Waals surface area (Å²) in [6.45, 7) is 4.60. The number of aliphatic carboxylic acids is 1. The van der Waals surface area contributed by atoms with Crippen LogP contribution in [0.1, 0.15) is 200 Å². The van der Waals surface area contributed by atoms with Crippen LogP contribution in [0.5, 0.6) is 0 Å². The highest BCUT2D eigenvalue weighted by atomic mass is 16.7. The lowest BCUT2D eigenvalue weighted by molar-refractivity contribution is -0.870. The van der Waals surface area contributed by atoms with E-state index in [-0.39, 0.29) is 32.2 Å². The second-order valence-electron chi connectivity index (χ2n) is 18.1. The van der Waals surface area contributed by atoms with E-state index in [1.807, 2.05) is 21.1 Å². The number of allylic oxidation sites excluding steroid dienone is 12. The zero-order chi connectivity index (χ0) is 47.0. The average molecular weight is 898 g/mol. The minimum Gasteiger partial charge on any atom is -0.545 e. The summed E-state index contributed by atoms with van der Waals surface area (Å²) in [6, 6.07) is 0. The first-order chi connectivity index (χ1) is 31.1. The standard InChI is InChI=1S/C55H95NO8/c1-6-8-10-12-14-16-18-19-20-21-22-23-24-25-26-27-28-29-30-31-32-33-34-35-36-38-40-42-44-46-53(58)64-51(50-63-55(54(59)60)61-48-47-56(3,4)5)49-62-52(57)45-43-41-39-37-17-15-13-11-9-7-2/h8,10,14,16,19-20,22-23,25-26,28-29,51,55H,6-7,9,11-13,15,17-18,21,24,27,30-50H2,1-5H3/b10-8-,16-14-,20-19-,23-22-,26-25-,29-28-. The van der Waals surface area contributed by atoms with E-state index in [2.05, 4.69) is 86.8 Å². The number of rotatable bonds is 46. The molecule has 64 heavy (non-hydrogen) atoms. The van der Waals surface area contributed by atoms with Crippen LogP contribution < -0.4 is 5.11 Å². The van der Waals surface area contributed by atoms with Gasteiger partial charge in [-0.1, -0.05) is 196 Å². The molecule has 0 spiro atoms. The first kappa shape index (κ1) is 60.7. The van der Waals surface area contributed by atoms with E-state index in [1.54, 1.807) is 0 Å². The second-order valence-corrected chi connectivity index (χ2v) is 18.1. The van der Waals surface area contributed by atoms with Gasteiger partial charge in [-0.25, -0.2) is 0 Å². The van der Waals surface area contributed by atoms with E-state index in [4.69, 9.17) is 18.9 Å². The van der Waals surface area contributed by atoms with Crippen LogP contribution in [0, 0.1) is 0 Å². The fourth-order valence-corrected chi connectivity index (χ4v) is 6.77. The number of esters is 2. The molecular weight excluding hydrogens is 803 g/mol. The Balaban J connectivity index is 4.22. The summed E-state index contributed by atoms with van der Waals surface area (Å²) in [6.07, 6.45) is 55.2. The van der Waals surface area contributed by atoms with E-state index in [9.17, 15) is 19.5 Å². The fourth-order valence-electron chi connectivity index (χ4n) is 6.77. The van der Waals surface area contributed by atoms with Crippen molar-refractivity contribution in [3.8, 4) is 0 Å². The van der Waals surface area contributed by atoms with Gasteiger partial charge in [0.25, 0.3) is 0 Å². The molecular formula is C55H95NO8. The predicted octanol–water partition coefficient (Wildman–Crippen LogP) is 12.9. The number of likely N-dealkylation sites (N-methyl/N-ethyl adjacent to an activating group) is 1. The van der Waals surface area contributed by atoms with Crippen molar-refractivity contribution in [2.24, 2.45) is 0 Å². The van der Waals surface area contributed by atoms with Gasteiger partial charge in [0, 0.05) is 12.8 Å². The van der Waals surface area contributed by atoms with Crippen LogP contribution >= 0.6 is 0 Å². The van der Waals surface area contributed by atoms with E-state index in [1.165, 1.54) is 83.5 Å². The minimum absolute atomic E-state index is 0.145. The third-order valence-electron chi connectivity index (χ3n) is 10.7. The molecule has 0 saturated heterocycles. The Bertz CT molecular complexity index is 1280. The van der Waals surface area contributed by atoms with Crippen molar-refractivity contribution in [2.45, 2.75) is 212 Å². The quantitative estimate of drug-likeness (QED) is 0.0195. The molecule has 0 aromatic heterocycles. The van der Waals surface area contributed by atoms with E-state index in [0.29, 0.717) is 23.9 Å². The molecule has 9 heteroatoms. The Morgan fingerprint density at radius 2 is 0.891 bits per heavy atom. The fraction of sp³-hybridized carbons (Fsp3) is 0.727. The summed E-state index contributed by atoms with van der Waals surface area (Å²) in [7, 11) is 5.91. The molecule has 0 bridgehead atoms. The molecule has 0 amide bonds. The molecule has 2 atom stereocenters. The number of unbranched alkanes of at least 4 members (excludes halogenated alkanes) is 19. The van der Waals surface area contributed by atoms with Crippen LogP contribution in [-0.4, -0.2) is 82.3 Å². The number of ether oxygens (including phenoxy) is 4. The van der Waals surface area contributed by atoms with E-state index < -0.39 is 24.3 Å². The van der Waals surface area contributed by atoms with Crippen LogP contribution in [0.2, 0.25) is 0 Å². The number of carbonyl (C=O) groups excluding carboxylic acids is 3. The summed E-state index contributed by atoms with van der Waals surface area (Å²) in [5.41, 5.74) is 0. The SMILES string of the molecule is CC/C=C\C/C=C\C/C=C\C/C=C\C/C=C\C/C=C\CCCCCCCCCCCCC(=O)OC(COC(=O)CCCCCCCCCCCC)COC(OCC[N+](C)(C)C)C(=O)[O-]. The zero-order valence-corrected chi connectivity index (χ0v) is 41.6. The van der Waals surface area contributed by atoms with Gasteiger partial charge in [-0.05, 0) is 64.2 Å². The van der Waals surface area contributed by atoms with Crippen molar-refractivity contribution < 1.29 is 42.9 Å². The summed E-state index contributed by atoms with van der Waals surface area (Å²) in [5.74, 6) is -2.29. The Morgan fingerprint density at radius 1 is 0.484 bits per heavy atom. The Kier molecular flexibility index (Phi) is 43.9. The minimum atomic E-state index is -1.62. The molecule has 0 saturated carbocycles. The highest BCUT2D eigenvalue weighted by Gasteiger charge is 2.21. The molecule has 0 aliphatic carbocycles. The summed E-state index contributed by atoms with van der Waals surface area (Å²) >= 11 is 0. The second kappa shape index (κ2) is 46.3. The molecule has 0 heterocycles. The van der Waals surface area contributed by atoms with Crippen LogP contribution in [0.3, 0.4) is 0 Å². The van der Waals surface area contributed by atoms with Gasteiger partial charge < -0.3 is 33.3 Å². The van der Waals surface area contributed by atoms with Crippen LogP contribution in [0.25, 0.3) is 0 Å². The van der Waals surface area contributed by atoms with Gasteiger partial charge in [0.2, 0.25) is 0 Å². The molecule has 2 unspecified atom stereocenters. The lowest BCUT2D eigenvalue weighted by Gasteiger charge is -2.26.